The van der Waals surface area contributed by atoms with Crippen molar-refractivity contribution in [3.8, 4) is 0 Å². The Morgan fingerprint density at radius 2 is 1.81 bits per heavy atom. The number of nitrogens with one attached hydrogen (secondary N) is 1. The topological polar surface area (TPSA) is 44.8 Å². The highest BCUT2D eigenvalue weighted by atomic mass is 16.5. The minimum absolute atomic E-state index is 0.111. The highest BCUT2D eigenvalue weighted by molar-refractivity contribution is 5.76. The first-order valence-corrected chi connectivity index (χ1v) is 8.56. The van der Waals surface area contributed by atoms with E-state index in [1.165, 1.54) is 45.6 Å². The molecule has 1 aliphatic heterocycles. The van der Waals surface area contributed by atoms with Gasteiger partial charge < -0.3 is 10.1 Å². The Morgan fingerprint density at radius 3 is 2.38 bits per heavy atom. The van der Waals surface area contributed by atoms with Gasteiger partial charge in [0.15, 0.2) is 0 Å². The Labute approximate surface area is 128 Å². The van der Waals surface area contributed by atoms with Gasteiger partial charge in [-0.2, -0.15) is 0 Å². The van der Waals surface area contributed by atoms with Crippen molar-refractivity contribution in [2.45, 2.75) is 56.7 Å². The van der Waals surface area contributed by atoms with E-state index in [4.69, 9.17) is 4.74 Å². The fraction of sp³-hybridized carbons (Fsp3) is 0.938. The molecule has 3 fully saturated rings. The van der Waals surface area contributed by atoms with E-state index in [9.17, 15) is 4.79 Å². The number of carbonyl (C=O) groups is 1. The van der Waals surface area contributed by atoms with E-state index in [-0.39, 0.29) is 12.0 Å². The van der Waals surface area contributed by atoms with Crippen LogP contribution in [0.25, 0.3) is 0 Å². The SMILES string of the molecule is COC(=O)C(CN1CCN(C2CCCC2)CC1)NC1CC1. The van der Waals surface area contributed by atoms with E-state index in [1.807, 2.05) is 0 Å². The van der Waals surface area contributed by atoms with Gasteiger partial charge in [0, 0.05) is 44.8 Å². The van der Waals surface area contributed by atoms with E-state index in [2.05, 4.69) is 15.1 Å². The van der Waals surface area contributed by atoms with Gasteiger partial charge in [0.05, 0.1) is 7.11 Å². The van der Waals surface area contributed by atoms with Crippen molar-refractivity contribution >= 4 is 5.97 Å². The molecule has 0 radical (unpaired) electrons. The molecule has 21 heavy (non-hydrogen) atoms. The fourth-order valence-electron chi connectivity index (χ4n) is 3.71. The van der Waals surface area contributed by atoms with E-state index in [0.717, 1.165) is 38.8 Å². The lowest BCUT2D eigenvalue weighted by molar-refractivity contribution is -0.143. The van der Waals surface area contributed by atoms with E-state index in [1.54, 1.807) is 0 Å². The van der Waals surface area contributed by atoms with Crippen LogP contribution in [0.1, 0.15) is 38.5 Å². The van der Waals surface area contributed by atoms with Crippen molar-refractivity contribution in [2.24, 2.45) is 0 Å². The van der Waals surface area contributed by atoms with Crippen LogP contribution >= 0.6 is 0 Å². The molecule has 1 saturated heterocycles. The number of nitrogens with zero attached hydrogens (tertiary/aromatic N) is 2. The smallest absolute Gasteiger partial charge is 0.324 e. The second-order valence-electron chi connectivity index (χ2n) is 6.79. The average molecular weight is 295 g/mol. The van der Waals surface area contributed by atoms with Crippen molar-refractivity contribution in [1.29, 1.82) is 0 Å². The van der Waals surface area contributed by atoms with Gasteiger partial charge in [-0.15, -0.1) is 0 Å². The maximum Gasteiger partial charge on any atom is 0.324 e. The number of esters is 1. The second kappa shape index (κ2) is 7.07. The monoisotopic (exact) mass is 295 g/mol. The van der Waals surface area contributed by atoms with Crippen molar-refractivity contribution in [3.05, 3.63) is 0 Å². The number of piperazine rings is 1. The third-order valence-corrected chi connectivity index (χ3v) is 5.19. The number of hydrogen-bond acceptors (Lipinski definition) is 5. The standard InChI is InChI=1S/C16H29N3O2/c1-21-16(20)15(17-13-6-7-13)12-18-8-10-19(11-9-18)14-4-2-3-5-14/h13-15,17H,2-12H2,1H3. The zero-order valence-electron chi connectivity index (χ0n) is 13.2. The third-order valence-electron chi connectivity index (χ3n) is 5.19. The molecule has 0 aromatic carbocycles. The molecule has 1 N–H and O–H groups in total. The van der Waals surface area contributed by atoms with Crippen LogP contribution in [0.2, 0.25) is 0 Å². The molecule has 120 valence electrons. The molecule has 3 rings (SSSR count). The first-order chi connectivity index (χ1) is 10.3. The molecule has 2 saturated carbocycles. The maximum atomic E-state index is 11.9. The lowest BCUT2D eigenvalue weighted by Crippen LogP contribution is -2.54. The molecule has 0 spiro atoms. The minimum atomic E-state index is -0.152. The molecular formula is C16H29N3O2. The van der Waals surface area contributed by atoms with E-state index >= 15 is 0 Å². The van der Waals surface area contributed by atoms with Gasteiger partial charge in [-0.25, -0.2) is 0 Å². The minimum Gasteiger partial charge on any atom is -0.468 e. The van der Waals surface area contributed by atoms with Crippen LogP contribution in [0, 0.1) is 0 Å². The Bertz CT molecular complexity index is 345. The van der Waals surface area contributed by atoms with Crippen molar-refractivity contribution in [2.75, 3.05) is 39.8 Å². The molecule has 0 aromatic heterocycles. The van der Waals surface area contributed by atoms with Crippen LogP contribution in [-0.4, -0.2) is 73.7 Å². The van der Waals surface area contributed by atoms with Crippen molar-refractivity contribution in [1.82, 2.24) is 15.1 Å². The van der Waals surface area contributed by atoms with E-state index < -0.39 is 0 Å². The van der Waals surface area contributed by atoms with Crippen LogP contribution in [-0.2, 0) is 9.53 Å². The normalized spacial score (nSPS) is 26.9. The predicted octanol–water partition coefficient (Wildman–Crippen LogP) is 0.840. The highest BCUT2D eigenvalue weighted by Gasteiger charge is 2.32. The lowest BCUT2D eigenvalue weighted by atomic mass is 10.1. The quantitative estimate of drug-likeness (QED) is 0.736. The number of hydrogen-bond donors (Lipinski definition) is 1. The Morgan fingerprint density at radius 1 is 1.14 bits per heavy atom. The summed E-state index contributed by atoms with van der Waals surface area (Å²) >= 11 is 0. The summed E-state index contributed by atoms with van der Waals surface area (Å²) in [6, 6.07) is 1.21. The average Bonchev–Trinajstić information content (AvgIpc) is 3.16. The largest absolute Gasteiger partial charge is 0.468 e. The molecule has 2 aliphatic carbocycles. The summed E-state index contributed by atoms with van der Waals surface area (Å²) in [7, 11) is 1.49. The van der Waals surface area contributed by atoms with Gasteiger partial charge in [-0.3, -0.25) is 14.6 Å². The Hall–Kier alpha value is -0.650. The first-order valence-electron chi connectivity index (χ1n) is 8.56. The zero-order valence-corrected chi connectivity index (χ0v) is 13.2. The molecule has 3 aliphatic rings. The molecule has 5 nitrogen and oxygen atoms in total. The fourth-order valence-corrected chi connectivity index (χ4v) is 3.71. The first kappa shape index (κ1) is 15.3. The van der Waals surface area contributed by atoms with Crippen LogP contribution in [0.5, 0.6) is 0 Å². The lowest BCUT2D eigenvalue weighted by Gasteiger charge is -2.39. The van der Waals surface area contributed by atoms with Gasteiger partial charge >= 0.3 is 5.97 Å². The van der Waals surface area contributed by atoms with Gasteiger partial charge in [-0.05, 0) is 25.7 Å². The van der Waals surface area contributed by atoms with Crippen LogP contribution < -0.4 is 5.32 Å². The predicted molar refractivity (Wildman–Crippen MR) is 82.2 cm³/mol. The molecule has 0 amide bonds. The molecule has 0 bridgehead atoms. The Kier molecular flexibility index (Phi) is 5.14. The second-order valence-corrected chi connectivity index (χ2v) is 6.79. The summed E-state index contributed by atoms with van der Waals surface area (Å²) in [5.74, 6) is -0.111. The molecule has 0 aromatic rings. The Balaban J connectivity index is 1.45. The summed E-state index contributed by atoms with van der Waals surface area (Å²) in [6.45, 7) is 5.26. The van der Waals surface area contributed by atoms with Gasteiger partial charge in [0.1, 0.15) is 6.04 Å². The molecule has 1 heterocycles. The number of ether oxygens (including phenoxy) is 1. The molecule has 1 unspecified atom stereocenters. The number of carbonyl (C=O) groups excluding carboxylic acids is 1. The molecule has 5 heteroatoms. The van der Waals surface area contributed by atoms with Crippen molar-refractivity contribution in [3.63, 3.8) is 0 Å². The molecular weight excluding hydrogens is 266 g/mol. The van der Waals surface area contributed by atoms with Gasteiger partial charge in [0.25, 0.3) is 0 Å². The summed E-state index contributed by atoms with van der Waals surface area (Å²) in [4.78, 5) is 17.0. The van der Waals surface area contributed by atoms with Crippen LogP contribution in [0.15, 0.2) is 0 Å². The van der Waals surface area contributed by atoms with E-state index in [0.29, 0.717) is 6.04 Å². The number of methoxy groups -OCH3 is 1. The van der Waals surface area contributed by atoms with Crippen LogP contribution in [0.4, 0.5) is 0 Å². The van der Waals surface area contributed by atoms with Crippen LogP contribution in [0.3, 0.4) is 0 Å². The van der Waals surface area contributed by atoms with Gasteiger partial charge in [0.2, 0.25) is 0 Å². The summed E-state index contributed by atoms with van der Waals surface area (Å²) in [5, 5.41) is 3.43. The number of rotatable bonds is 6. The third kappa shape index (κ3) is 4.18. The van der Waals surface area contributed by atoms with Gasteiger partial charge in [-0.1, -0.05) is 12.8 Å². The molecule has 1 atom stereocenters. The zero-order chi connectivity index (χ0) is 14.7. The maximum absolute atomic E-state index is 11.9. The summed E-state index contributed by atoms with van der Waals surface area (Å²) < 4.78 is 4.95. The summed E-state index contributed by atoms with van der Waals surface area (Å²) in [6.07, 6.45) is 7.97. The highest BCUT2D eigenvalue weighted by Crippen LogP contribution is 2.24. The summed E-state index contributed by atoms with van der Waals surface area (Å²) in [5.41, 5.74) is 0. The van der Waals surface area contributed by atoms with Crippen molar-refractivity contribution < 1.29 is 9.53 Å².